The molecule has 0 fully saturated rings. The standard InChI is InChI=1S/C28H33NO4/c1-16(2)25(27(32)33-28(5,6)7)29-26(31)21-13-12-19-10-8-9-11-20(19)24(21)23-18(4)14-17(3)15-22(23)30/h8-16,25,30H,1-7H3,(H,29,31)/t25-/m0/s1. The van der Waals surface area contributed by atoms with Crippen LogP contribution in [0.4, 0.5) is 0 Å². The Bertz CT molecular complexity index is 1180. The Morgan fingerprint density at radius 3 is 2.24 bits per heavy atom. The van der Waals surface area contributed by atoms with E-state index in [9.17, 15) is 14.7 Å². The molecule has 0 aliphatic rings. The number of aryl methyl sites for hydroxylation is 2. The van der Waals surface area contributed by atoms with Crippen molar-refractivity contribution in [2.24, 2.45) is 5.92 Å². The highest BCUT2D eigenvalue weighted by Gasteiger charge is 2.30. The fourth-order valence-electron chi connectivity index (χ4n) is 4.08. The summed E-state index contributed by atoms with van der Waals surface area (Å²) in [7, 11) is 0. The molecule has 5 heteroatoms. The monoisotopic (exact) mass is 447 g/mol. The van der Waals surface area contributed by atoms with Crippen LogP contribution < -0.4 is 5.32 Å². The first-order chi connectivity index (χ1) is 15.4. The number of esters is 1. The van der Waals surface area contributed by atoms with Crippen molar-refractivity contribution in [3.63, 3.8) is 0 Å². The third-order valence-electron chi connectivity index (χ3n) is 5.50. The van der Waals surface area contributed by atoms with E-state index in [2.05, 4.69) is 5.32 Å². The van der Waals surface area contributed by atoms with Gasteiger partial charge in [-0.3, -0.25) is 4.79 Å². The summed E-state index contributed by atoms with van der Waals surface area (Å²) in [5.74, 6) is -0.907. The molecule has 174 valence electrons. The molecular weight excluding hydrogens is 414 g/mol. The molecule has 0 bridgehead atoms. The van der Waals surface area contributed by atoms with E-state index in [0.717, 1.165) is 21.9 Å². The van der Waals surface area contributed by atoms with Gasteiger partial charge in [0.1, 0.15) is 17.4 Å². The Labute approximate surface area is 195 Å². The number of phenols is 1. The molecule has 2 N–H and O–H groups in total. The van der Waals surface area contributed by atoms with Crippen molar-refractivity contribution >= 4 is 22.6 Å². The molecule has 1 atom stereocenters. The fraction of sp³-hybridized carbons (Fsp3) is 0.357. The summed E-state index contributed by atoms with van der Waals surface area (Å²) < 4.78 is 5.54. The minimum absolute atomic E-state index is 0.116. The molecule has 0 aliphatic heterocycles. The fourth-order valence-corrected chi connectivity index (χ4v) is 4.08. The largest absolute Gasteiger partial charge is 0.507 e. The van der Waals surface area contributed by atoms with Gasteiger partial charge in [-0.25, -0.2) is 4.79 Å². The topological polar surface area (TPSA) is 75.6 Å². The molecule has 3 aromatic rings. The molecule has 0 radical (unpaired) electrons. The Hall–Kier alpha value is -3.34. The summed E-state index contributed by atoms with van der Waals surface area (Å²) in [6.45, 7) is 13.0. The number of ether oxygens (including phenoxy) is 1. The summed E-state index contributed by atoms with van der Waals surface area (Å²) in [5, 5.41) is 15.6. The summed E-state index contributed by atoms with van der Waals surface area (Å²) >= 11 is 0. The second-order valence-electron chi connectivity index (χ2n) is 9.91. The van der Waals surface area contributed by atoms with Crippen molar-refractivity contribution in [1.82, 2.24) is 5.32 Å². The lowest BCUT2D eigenvalue weighted by molar-refractivity contribution is -0.158. The molecular formula is C28H33NO4. The number of nitrogens with one attached hydrogen (secondary N) is 1. The van der Waals surface area contributed by atoms with Crippen LogP contribution in [0.3, 0.4) is 0 Å². The molecule has 1 amide bonds. The van der Waals surface area contributed by atoms with Crippen LogP contribution in [-0.4, -0.2) is 28.6 Å². The van der Waals surface area contributed by atoms with Gasteiger partial charge in [-0.2, -0.15) is 0 Å². The summed E-state index contributed by atoms with van der Waals surface area (Å²) in [6, 6.07) is 14.3. The van der Waals surface area contributed by atoms with Gasteiger partial charge in [0, 0.05) is 16.7 Å². The van der Waals surface area contributed by atoms with Crippen LogP contribution in [0.2, 0.25) is 0 Å². The zero-order chi connectivity index (χ0) is 24.5. The van der Waals surface area contributed by atoms with E-state index in [4.69, 9.17) is 4.74 Å². The van der Waals surface area contributed by atoms with Crippen LogP contribution in [0.1, 0.15) is 56.1 Å². The van der Waals surface area contributed by atoms with E-state index < -0.39 is 17.6 Å². The van der Waals surface area contributed by atoms with Crippen LogP contribution in [0, 0.1) is 19.8 Å². The van der Waals surface area contributed by atoms with E-state index >= 15 is 0 Å². The lowest BCUT2D eigenvalue weighted by Gasteiger charge is -2.27. The minimum Gasteiger partial charge on any atom is -0.507 e. The lowest BCUT2D eigenvalue weighted by Crippen LogP contribution is -2.47. The number of amides is 1. The first-order valence-corrected chi connectivity index (χ1v) is 11.2. The smallest absolute Gasteiger partial charge is 0.329 e. The van der Waals surface area contributed by atoms with Crippen LogP contribution in [0.15, 0.2) is 48.5 Å². The second kappa shape index (κ2) is 9.26. The number of aromatic hydroxyl groups is 1. The highest BCUT2D eigenvalue weighted by Crippen LogP contribution is 2.40. The van der Waals surface area contributed by atoms with Gasteiger partial charge in [-0.05, 0) is 74.6 Å². The molecule has 5 nitrogen and oxygen atoms in total. The number of hydrogen-bond acceptors (Lipinski definition) is 4. The number of phenolic OH excluding ortho intramolecular Hbond substituents is 1. The average Bonchev–Trinajstić information content (AvgIpc) is 2.69. The predicted octanol–water partition coefficient (Wildman–Crippen LogP) is 5.93. The van der Waals surface area contributed by atoms with E-state index in [0.29, 0.717) is 16.7 Å². The van der Waals surface area contributed by atoms with Gasteiger partial charge in [0.2, 0.25) is 0 Å². The zero-order valence-electron chi connectivity index (χ0n) is 20.4. The second-order valence-corrected chi connectivity index (χ2v) is 9.91. The third kappa shape index (κ3) is 5.36. The van der Waals surface area contributed by atoms with E-state index in [-0.39, 0.29) is 17.6 Å². The highest BCUT2D eigenvalue weighted by atomic mass is 16.6. The van der Waals surface area contributed by atoms with Gasteiger partial charge in [0.25, 0.3) is 5.91 Å². The lowest BCUT2D eigenvalue weighted by atomic mass is 9.89. The van der Waals surface area contributed by atoms with Crippen molar-refractivity contribution in [2.45, 2.75) is 60.1 Å². The van der Waals surface area contributed by atoms with Crippen molar-refractivity contribution in [1.29, 1.82) is 0 Å². The molecule has 0 saturated heterocycles. The maximum atomic E-state index is 13.6. The molecule has 0 unspecified atom stereocenters. The van der Waals surface area contributed by atoms with Crippen molar-refractivity contribution in [2.75, 3.05) is 0 Å². The van der Waals surface area contributed by atoms with Crippen LogP contribution >= 0.6 is 0 Å². The number of benzene rings is 3. The number of carbonyl (C=O) groups is 2. The minimum atomic E-state index is -0.802. The summed E-state index contributed by atoms with van der Waals surface area (Å²) in [6.07, 6.45) is 0. The Morgan fingerprint density at radius 1 is 0.970 bits per heavy atom. The normalized spacial score (nSPS) is 12.6. The number of hydrogen-bond donors (Lipinski definition) is 2. The van der Waals surface area contributed by atoms with Gasteiger partial charge in [-0.1, -0.05) is 50.2 Å². The molecule has 3 aromatic carbocycles. The van der Waals surface area contributed by atoms with Crippen LogP contribution in [0.5, 0.6) is 5.75 Å². The van der Waals surface area contributed by atoms with Crippen molar-refractivity contribution in [3.05, 3.63) is 65.2 Å². The Morgan fingerprint density at radius 2 is 1.64 bits per heavy atom. The SMILES string of the molecule is Cc1cc(C)c(-c2c(C(=O)N[C@H](C(=O)OC(C)(C)C)C(C)C)ccc3ccccc23)c(O)c1. The van der Waals surface area contributed by atoms with Crippen LogP contribution in [0.25, 0.3) is 21.9 Å². The van der Waals surface area contributed by atoms with Gasteiger partial charge in [-0.15, -0.1) is 0 Å². The molecule has 0 saturated carbocycles. The highest BCUT2D eigenvalue weighted by molar-refractivity contribution is 6.11. The van der Waals surface area contributed by atoms with Crippen molar-refractivity contribution < 1.29 is 19.4 Å². The molecule has 0 aromatic heterocycles. The molecule has 0 aliphatic carbocycles. The molecule has 33 heavy (non-hydrogen) atoms. The third-order valence-corrected chi connectivity index (χ3v) is 5.50. The number of fused-ring (bicyclic) bond motifs is 1. The van der Waals surface area contributed by atoms with Gasteiger partial charge >= 0.3 is 5.97 Å². The molecule has 0 spiro atoms. The number of rotatable bonds is 5. The summed E-state index contributed by atoms with van der Waals surface area (Å²) in [4.78, 5) is 26.4. The molecule has 3 rings (SSSR count). The zero-order valence-corrected chi connectivity index (χ0v) is 20.4. The Balaban J connectivity index is 2.15. The van der Waals surface area contributed by atoms with Gasteiger partial charge < -0.3 is 15.2 Å². The predicted molar refractivity (Wildman–Crippen MR) is 132 cm³/mol. The first kappa shape index (κ1) is 24.3. The first-order valence-electron chi connectivity index (χ1n) is 11.2. The molecule has 0 heterocycles. The maximum absolute atomic E-state index is 13.6. The van der Waals surface area contributed by atoms with E-state index in [1.165, 1.54) is 0 Å². The maximum Gasteiger partial charge on any atom is 0.329 e. The van der Waals surface area contributed by atoms with Crippen LogP contribution in [-0.2, 0) is 9.53 Å². The average molecular weight is 448 g/mol. The number of carbonyl (C=O) groups excluding carboxylic acids is 2. The van der Waals surface area contributed by atoms with E-state index in [1.807, 2.05) is 64.1 Å². The summed E-state index contributed by atoms with van der Waals surface area (Å²) in [5.41, 5.74) is 2.79. The van der Waals surface area contributed by atoms with E-state index in [1.54, 1.807) is 32.9 Å². The Kier molecular flexibility index (Phi) is 6.82. The van der Waals surface area contributed by atoms with Crippen molar-refractivity contribution in [3.8, 4) is 16.9 Å². The van der Waals surface area contributed by atoms with Gasteiger partial charge in [0.05, 0.1) is 0 Å². The van der Waals surface area contributed by atoms with Gasteiger partial charge in [0.15, 0.2) is 0 Å². The quantitative estimate of drug-likeness (QED) is 0.476.